The Kier molecular flexibility index (Phi) is 3.96. The summed E-state index contributed by atoms with van der Waals surface area (Å²) >= 11 is 0. The van der Waals surface area contributed by atoms with E-state index in [0.717, 1.165) is 6.07 Å². The molecule has 2 rings (SSSR count). The molecule has 0 aromatic heterocycles. The molecule has 0 bridgehead atoms. The molecule has 1 aliphatic rings. The SMILES string of the molecule is CC(=O)N1CCc2ccc(S(=O)(=O)Cl)c(C(F)(F)F)c2C1. The van der Waals surface area contributed by atoms with Crippen LogP contribution in [0.2, 0.25) is 0 Å². The summed E-state index contributed by atoms with van der Waals surface area (Å²) in [5, 5.41) is 0. The molecule has 0 fully saturated rings. The standard InChI is InChI=1S/C12H11ClF3NO3S/c1-7(18)17-5-4-8-2-3-10(21(13,19)20)11(9(8)6-17)12(14,15)16/h2-3H,4-6H2,1H3. The third-order valence-electron chi connectivity index (χ3n) is 3.36. The van der Waals surface area contributed by atoms with Crippen LogP contribution in [0.5, 0.6) is 0 Å². The fraction of sp³-hybridized carbons (Fsp3) is 0.417. The first kappa shape index (κ1) is 16.1. The van der Waals surface area contributed by atoms with Crippen molar-refractivity contribution in [2.75, 3.05) is 6.54 Å². The molecule has 0 aliphatic carbocycles. The van der Waals surface area contributed by atoms with Gasteiger partial charge >= 0.3 is 6.18 Å². The van der Waals surface area contributed by atoms with Crippen LogP contribution in [0.15, 0.2) is 17.0 Å². The second kappa shape index (κ2) is 5.17. The summed E-state index contributed by atoms with van der Waals surface area (Å²) in [6.45, 7) is 1.27. The summed E-state index contributed by atoms with van der Waals surface area (Å²) in [6, 6.07) is 2.19. The lowest BCUT2D eigenvalue weighted by molar-refractivity contribution is -0.142. The number of carbonyl (C=O) groups excluding carboxylic acids is 1. The number of rotatable bonds is 1. The van der Waals surface area contributed by atoms with Gasteiger partial charge in [0.25, 0.3) is 9.05 Å². The number of benzene rings is 1. The monoisotopic (exact) mass is 341 g/mol. The molecule has 0 N–H and O–H groups in total. The van der Waals surface area contributed by atoms with Crippen molar-refractivity contribution < 1.29 is 26.4 Å². The summed E-state index contributed by atoms with van der Waals surface area (Å²) < 4.78 is 62.6. The Labute approximate surface area is 123 Å². The summed E-state index contributed by atoms with van der Waals surface area (Å²) in [5.41, 5.74) is -1.10. The molecule has 1 aromatic rings. The smallest absolute Gasteiger partial charge is 0.338 e. The van der Waals surface area contributed by atoms with E-state index in [-0.39, 0.29) is 24.4 Å². The van der Waals surface area contributed by atoms with Gasteiger partial charge in [-0.2, -0.15) is 13.2 Å². The normalized spacial score (nSPS) is 15.8. The largest absolute Gasteiger partial charge is 0.418 e. The second-order valence-electron chi connectivity index (χ2n) is 4.70. The quantitative estimate of drug-likeness (QED) is 0.738. The van der Waals surface area contributed by atoms with E-state index >= 15 is 0 Å². The van der Waals surface area contributed by atoms with Gasteiger partial charge in [-0.1, -0.05) is 6.07 Å². The highest BCUT2D eigenvalue weighted by Crippen LogP contribution is 2.40. The van der Waals surface area contributed by atoms with Crippen LogP contribution in [0, 0.1) is 0 Å². The Morgan fingerprint density at radius 3 is 2.43 bits per heavy atom. The fourth-order valence-electron chi connectivity index (χ4n) is 2.39. The van der Waals surface area contributed by atoms with Gasteiger partial charge < -0.3 is 4.90 Å². The molecule has 116 valence electrons. The molecule has 1 aliphatic heterocycles. The molecule has 1 heterocycles. The number of halogens is 4. The Morgan fingerprint density at radius 1 is 1.33 bits per heavy atom. The van der Waals surface area contributed by atoms with Gasteiger partial charge in [0.2, 0.25) is 5.91 Å². The molecular formula is C12H11ClF3NO3S. The molecule has 0 saturated heterocycles. The van der Waals surface area contributed by atoms with Crippen molar-refractivity contribution in [2.45, 2.75) is 31.0 Å². The van der Waals surface area contributed by atoms with Crippen LogP contribution < -0.4 is 0 Å². The van der Waals surface area contributed by atoms with E-state index in [4.69, 9.17) is 10.7 Å². The maximum absolute atomic E-state index is 13.3. The molecule has 1 amide bonds. The van der Waals surface area contributed by atoms with Crippen LogP contribution >= 0.6 is 10.7 Å². The van der Waals surface area contributed by atoms with Crippen molar-refractivity contribution >= 4 is 25.6 Å². The highest BCUT2D eigenvalue weighted by molar-refractivity contribution is 8.13. The van der Waals surface area contributed by atoms with Crippen molar-refractivity contribution in [1.82, 2.24) is 4.90 Å². The Bertz CT molecular complexity index is 700. The summed E-state index contributed by atoms with van der Waals surface area (Å²) in [4.78, 5) is 11.6. The van der Waals surface area contributed by atoms with Crippen molar-refractivity contribution in [3.63, 3.8) is 0 Å². The molecule has 9 heteroatoms. The van der Waals surface area contributed by atoms with E-state index in [2.05, 4.69) is 0 Å². The van der Waals surface area contributed by atoms with Crippen LogP contribution in [-0.2, 0) is 33.0 Å². The van der Waals surface area contributed by atoms with Gasteiger partial charge in [-0.15, -0.1) is 0 Å². The van der Waals surface area contributed by atoms with Gasteiger partial charge in [0.1, 0.15) is 0 Å². The van der Waals surface area contributed by atoms with Gasteiger partial charge in [-0.05, 0) is 23.6 Å². The lowest BCUT2D eigenvalue weighted by Crippen LogP contribution is -2.36. The minimum Gasteiger partial charge on any atom is -0.338 e. The number of amides is 1. The first-order chi connectivity index (χ1) is 9.51. The minimum atomic E-state index is -4.87. The molecular weight excluding hydrogens is 331 g/mol. The molecule has 0 spiro atoms. The van der Waals surface area contributed by atoms with Gasteiger partial charge in [0.15, 0.2) is 0 Å². The van der Waals surface area contributed by atoms with E-state index in [1.165, 1.54) is 17.9 Å². The van der Waals surface area contributed by atoms with Crippen molar-refractivity contribution in [1.29, 1.82) is 0 Å². The number of alkyl halides is 3. The molecule has 4 nitrogen and oxygen atoms in total. The zero-order valence-electron chi connectivity index (χ0n) is 10.9. The van der Waals surface area contributed by atoms with Gasteiger partial charge in [-0.3, -0.25) is 4.79 Å². The highest BCUT2D eigenvalue weighted by Gasteiger charge is 2.41. The van der Waals surface area contributed by atoms with E-state index in [0.29, 0.717) is 12.1 Å². The summed E-state index contributed by atoms with van der Waals surface area (Å²) in [7, 11) is 0.564. The minimum absolute atomic E-state index is 0.203. The number of hydrogen-bond donors (Lipinski definition) is 0. The van der Waals surface area contributed by atoms with Crippen molar-refractivity contribution in [2.24, 2.45) is 0 Å². The van der Waals surface area contributed by atoms with Gasteiger partial charge in [0, 0.05) is 30.7 Å². The van der Waals surface area contributed by atoms with Crippen LogP contribution in [0.25, 0.3) is 0 Å². The second-order valence-corrected chi connectivity index (χ2v) is 7.24. The van der Waals surface area contributed by atoms with E-state index in [1.807, 2.05) is 0 Å². The van der Waals surface area contributed by atoms with Gasteiger partial charge in [-0.25, -0.2) is 8.42 Å². The maximum atomic E-state index is 13.3. The van der Waals surface area contributed by atoms with E-state index in [9.17, 15) is 26.4 Å². The number of nitrogens with zero attached hydrogens (tertiary/aromatic N) is 1. The first-order valence-electron chi connectivity index (χ1n) is 5.94. The van der Waals surface area contributed by atoms with Gasteiger partial charge in [0.05, 0.1) is 10.5 Å². The molecule has 0 saturated carbocycles. The van der Waals surface area contributed by atoms with E-state index < -0.39 is 25.7 Å². The number of hydrogen-bond acceptors (Lipinski definition) is 3. The predicted octanol–water partition coefficient (Wildman–Crippen LogP) is 2.54. The van der Waals surface area contributed by atoms with Crippen LogP contribution in [-0.4, -0.2) is 25.8 Å². The lowest BCUT2D eigenvalue weighted by atomic mass is 9.94. The molecule has 0 unspecified atom stereocenters. The van der Waals surface area contributed by atoms with Crippen molar-refractivity contribution in [3.05, 3.63) is 28.8 Å². The number of carbonyl (C=O) groups is 1. The fourth-order valence-corrected chi connectivity index (χ4v) is 3.49. The van der Waals surface area contributed by atoms with Crippen molar-refractivity contribution in [3.8, 4) is 0 Å². The molecule has 0 atom stereocenters. The Balaban J connectivity index is 2.71. The average Bonchev–Trinajstić information content (AvgIpc) is 2.34. The molecule has 1 aromatic carbocycles. The first-order valence-corrected chi connectivity index (χ1v) is 8.25. The zero-order chi connectivity index (χ0) is 16.0. The van der Waals surface area contributed by atoms with Crippen LogP contribution in [0.1, 0.15) is 23.6 Å². The molecule has 0 radical (unpaired) electrons. The number of fused-ring (bicyclic) bond motifs is 1. The average molecular weight is 342 g/mol. The van der Waals surface area contributed by atoms with Crippen LogP contribution in [0.3, 0.4) is 0 Å². The summed E-state index contributed by atoms with van der Waals surface area (Å²) in [5.74, 6) is -0.368. The Morgan fingerprint density at radius 2 is 1.95 bits per heavy atom. The highest BCUT2D eigenvalue weighted by atomic mass is 35.7. The predicted molar refractivity (Wildman–Crippen MR) is 69.3 cm³/mol. The van der Waals surface area contributed by atoms with E-state index in [1.54, 1.807) is 0 Å². The van der Waals surface area contributed by atoms with Crippen LogP contribution in [0.4, 0.5) is 13.2 Å². The maximum Gasteiger partial charge on any atom is 0.418 e. The third-order valence-corrected chi connectivity index (χ3v) is 4.73. The lowest BCUT2D eigenvalue weighted by Gasteiger charge is -2.30. The molecule has 21 heavy (non-hydrogen) atoms. The third kappa shape index (κ3) is 3.16. The Hall–Kier alpha value is -1.28. The zero-order valence-corrected chi connectivity index (χ0v) is 12.4. The summed E-state index contributed by atoms with van der Waals surface area (Å²) in [6.07, 6.45) is -4.64. The topological polar surface area (TPSA) is 54.5 Å².